The summed E-state index contributed by atoms with van der Waals surface area (Å²) in [6, 6.07) is 9.86. The lowest BCUT2D eigenvalue weighted by atomic mass is 10.2. The number of carbonyl (C=O) groups is 2. The predicted octanol–water partition coefficient (Wildman–Crippen LogP) is 2.90. The molecule has 0 saturated carbocycles. The minimum absolute atomic E-state index is 0.134. The van der Waals surface area contributed by atoms with E-state index in [1.165, 1.54) is 24.3 Å². The molecule has 0 aliphatic carbocycles. The Bertz CT molecular complexity index is 1080. The maximum Gasteiger partial charge on any atom is 0.435 e. The highest BCUT2D eigenvalue weighted by atomic mass is 19.4. The number of rotatable bonds is 5. The van der Waals surface area contributed by atoms with Crippen LogP contribution in [0.15, 0.2) is 48.5 Å². The zero-order valence-electron chi connectivity index (χ0n) is 15.9. The number of nitrogens with one attached hydrogen (secondary N) is 2. The molecular formula is C19H15F4N5O3. The molecule has 0 fully saturated rings. The highest BCUT2D eigenvalue weighted by Gasteiger charge is 2.42. The zero-order chi connectivity index (χ0) is 22.6. The molecule has 8 nitrogen and oxygen atoms in total. The van der Waals surface area contributed by atoms with Crippen LogP contribution in [0, 0.1) is 5.82 Å². The first-order chi connectivity index (χ1) is 14.7. The summed E-state index contributed by atoms with van der Waals surface area (Å²) in [5.74, 6) is -2.24. The molecule has 0 atom stereocenters. The van der Waals surface area contributed by atoms with E-state index in [0.29, 0.717) is 17.0 Å². The van der Waals surface area contributed by atoms with E-state index in [0.717, 1.165) is 24.3 Å². The number of alkyl halides is 3. The third-order valence-corrected chi connectivity index (χ3v) is 3.94. The Morgan fingerprint density at radius 2 is 1.61 bits per heavy atom. The number of hydrazine groups is 1. The van der Waals surface area contributed by atoms with Gasteiger partial charge in [0.1, 0.15) is 11.6 Å². The van der Waals surface area contributed by atoms with Crippen LogP contribution in [0.5, 0.6) is 5.75 Å². The lowest BCUT2D eigenvalue weighted by Crippen LogP contribution is -2.42. The van der Waals surface area contributed by atoms with Crippen LogP contribution in [-0.4, -0.2) is 33.4 Å². The summed E-state index contributed by atoms with van der Waals surface area (Å²) in [6.07, 6.45) is -5.01. The van der Waals surface area contributed by atoms with Gasteiger partial charge in [0.05, 0.1) is 12.3 Å². The molecule has 0 bridgehead atoms. The van der Waals surface area contributed by atoms with Gasteiger partial charge in [-0.05, 0) is 55.5 Å². The van der Waals surface area contributed by atoms with Gasteiger partial charge in [0.25, 0.3) is 11.8 Å². The van der Waals surface area contributed by atoms with Crippen LogP contribution in [0.25, 0.3) is 5.69 Å². The summed E-state index contributed by atoms with van der Waals surface area (Å²) < 4.78 is 59.4. The van der Waals surface area contributed by atoms with E-state index in [2.05, 4.69) is 10.3 Å². The van der Waals surface area contributed by atoms with Gasteiger partial charge in [-0.15, -0.1) is 5.10 Å². The van der Waals surface area contributed by atoms with Gasteiger partial charge in [-0.1, -0.05) is 5.21 Å². The first-order valence-corrected chi connectivity index (χ1v) is 8.83. The molecule has 0 aliphatic rings. The number of amides is 2. The van der Waals surface area contributed by atoms with Crippen molar-refractivity contribution in [3.8, 4) is 11.4 Å². The van der Waals surface area contributed by atoms with Gasteiger partial charge in [0, 0.05) is 5.56 Å². The molecule has 2 N–H and O–H groups in total. The molecule has 2 aromatic carbocycles. The Labute approximate surface area is 172 Å². The number of nitrogens with zero attached hydrogens (tertiary/aromatic N) is 3. The zero-order valence-corrected chi connectivity index (χ0v) is 15.9. The monoisotopic (exact) mass is 437 g/mol. The second kappa shape index (κ2) is 8.81. The Kier molecular flexibility index (Phi) is 6.18. The van der Waals surface area contributed by atoms with Gasteiger partial charge >= 0.3 is 6.18 Å². The van der Waals surface area contributed by atoms with Crippen molar-refractivity contribution >= 4 is 11.8 Å². The topological polar surface area (TPSA) is 98.1 Å². The summed E-state index contributed by atoms with van der Waals surface area (Å²) in [7, 11) is 0. The second-order valence-electron chi connectivity index (χ2n) is 6.04. The molecule has 0 aliphatic heterocycles. The van der Waals surface area contributed by atoms with Crippen molar-refractivity contribution < 1.29 is 31.9 Å². The van der Waals surface area contributed by atoms with E-state index < -0.39 is 35.2 Å². The molecule has 1 heterocycles. The highest BCUT2D eigenvalue weighted by Crippen LogP contribution is 2.32. The molecular weight excluding hydrogens is 422 g/mol. The fraction of sp³-hybridized carbons (Fsp3) is 0.158. The maximum atomic E-state index is 13.6. The molecule has 3 aromatic rings. The molecule has 3 rings (SSSR count). The molecule has 0 radical (unpaired) electrons. The van der Waals surface area contributed by atoms with Crippen molar-refractivity contribution in [1.82, 2.24) is 25.8 Å². The van der Waals surface area contributed by atoms with Gasteiger partial charge < -0.3 is 4.74 Å². The number of hydrogen-bond acceptors (Lipinski definition) is 5. The van der Waals surface area contributed by atoms with Crippen molar-refractivity contribution in [2.45, 2.75) is 13.1 Å². The molecule has 2 amide bonds. The largest absolute Gasteiger partial charge is 0.494 e. The number of aromatic nitrogens is 3. The number of hydrogen-bond donors (Lipinski definition) is 2. The van der Waals surface area contributed by atoms with E-state index in [9.17, 15) is 27.2 Å². The fourth-order valence-electron chi connectivity index (χ4n) is 2.57. The molecule has 0 spiro atoms. The van der Waals surface area contributed by atoms with Gasteiger partial charge in [0.2, 0.25) is 0 Å². The smallest absolute Gasteiger partial charge is 0.435 e. The quantitative estimate of drug-likeness (QED) is 0.473. The Morgan fingerprint density at radius 1 is 1.00 bits per heavy atom. The summed E-state index contributed by atoms with van der Waals surface area (Å²) in [4.78, 5) is 24.4. The fourth-order valence-corrected chi connectivity index (χ4v) is 2.57. The second-order valence-corrected chi connectivity index (χ2v) is 6.04. The van der Waals surface area contributed by atoms with Gasteiger partial charge in [-0.2, -0.15) is 13.2 Å². The standard InChI is InChI=1S/C19H15F4N5O3/c1-2-31-14-9-3-11(4-10-14)17(29)25-26-18(30)15-16(19(21,22)23)28(27-24-15)13-7-5-12(20)6-8-13/h3-10H,2H2,1H3,(H,25,29)(H,26,30). The Morgan fingerprint density at radius 3 is 2.19 bits per heavy atom. The number of halogens is 4. The number of carbonyl (C=O) groups excluding carboxylic acids is 2. The van der Waals surface area contributed by atoms with Gasteiger partial charge in [-0.25, -0.2) is 9.07 Å². The van der Waals surface area contributed by atoms with Crippen LogP contribution in [-0.2, 0) is 6.18 Å². The molecule has 12 heteroatoms. The van der Waals surface area contributed by atoms with Crippen molar-refractivity contribution in [3.63, 3.8) is 0 Å². The number of ether oxygens (including phenoxy) is 1. The van der Waals surface area contributed by atoms with Gasteiger partial charge in [0.15, 0.2) is 11.4 Å². The average molecular weight is 437 g/mol. The third kappa shape index (κ3) is 4.97. The van der Waals surface area contributed by atoms with E-state index in [-0.39, 0.29) is 11.3 Å². The van der Waals surface area contributed by atoms with Crippen molar-refractivity contribution in [2.75, 3.05) is 6.61 Å². The van der Waals surface area contributed by atoms with Crippen LogP contribution in [0.3, 0.4) is 0 Å². The van der Waals surface area contributed by atoms with Crippen molar-refractivity contribution in [2.24, 2.45) is 0 Å². The van der Waals surface area contributed by atoms with E-state index in [4.69, 9.17) is 4.74 Å². The summed E-state index contributed by atoms with van der Waals surface area (Å²) in [5.41, 5.74) is 1.32. The molecule has 162 valence electrons. The van der Waals surface area contributed by atoms with Crippen LogP contribution in [0.4, 0.5) is 17.6 Å². The molecule has 1 aromatic heterocycles. The highest BCUT2D eigenvalue weighted by molar-refractivity contribution is 5.98. The summed E-state index contributed by atoms with van der Waals surface area (Å²) in [6.45, 7) is 2.22. The van der Waals surface area contributed by atoms with Gasteiger partial charge in [-0.3, -0.25) is 20.4 Å². The van der Waals surface area contributed by atoms with Crippen LogP contribution < -0.4 is 15.6 Å². The minimum Gasteiger partial charge on any atom is -0.494 e. The normalized spacial score (nSPS) is 11.1. The van der Waals surface area contributed by atoms with E-state index in [1.54, 1.807) is 6.92 Å². The van der Waals surface area contributed by atoms with Crippen molar-refractivity contribution in [1.29, 1.82) is 0 Å². The lowest BCUT2D eigenvalue weighted by Gasteiger charge is -2.12. The predicted molar refractivity (Wildman–Crippen MR) is 98.9 cm³/mol. The molecule has 31 heavy (non-hydrogen) atoms. The van der Waals surface area contributed by atoms with E-state index in [1.807, 2.05) is 10.9 Å². The SMILES string of the molecule is CCOc1ccc(C(=O)NNC(=O)c2nnn(-c3ccc(F)cc3)c2C(F)(F)F)cc1. The Balaban J connectivity index is 1.78. The van der Waals surface area contributed by atoms with Crippen LogP contribution >= 0.6 is 0 Å². The lowest BCUT2D eigenvalue weighted by molar-refractivity contribution is -0.143. The number of benzene rings is 2. The third-order valence-electron chi connectivity index (χ3n) is 3.94. The molecule has 0 unspecified atom stereocenters. The minimum atomic E-state index is -5.01. The van der Waals surface area contributed by atoms with Crippen LogP contribution in [0.1, 0.15) is 33.5 Å². The average Bonchev–Trinajstić information content (AvgIpc) is 3.19. The maximum absolute atomic E-state index is 13.6. The van der Waals surface area contributed by atoms with Crippen molar-refractivity contribution in [3.05, 3.63) is 71.3 Å². The summed E-state index contributed by atoms with van der Waals surface area (Å²) >= 11 is 0. The van der Waals surface area contributed by atoms with E-state index >= 15 is 0 Å². The van der Waals surface area contributed by atoms with Crippen LogP contribution in [0.2, 0.25) is 0 Å². The summed E-state index contributed by atoms with van der Waals surface area (Å²) in [5, 5.41) is 6.64. The Hall–Kier alpha value is -3.96. The molecule has 0 saturated heterocycles. The first-order valence-electron chi connectivity index (χ1n) is 8.83. The first kappa shape index (κ1) is 21.7.